The van der Waals surface area contributed by atoms with Crippen molar-refractivity contribution in [1.82, 2.24) is 0 Å². The zero-order valence-electron chi connectivity index (χ0n) is 6.47. The molecular formula is C5H13O6P. The highest BCUT2D eigenvalue weighted by atomic mass is 31.1. The molecule has 0 saturated heterocycles. The molecule has 0 aromatic rings. The molecule has 0 aromatic carbocycles. The maximum Gasteiger partial charge on any atom is 0.180 e. The Hall–Kier alpha value is 0.190. The SMILES string of the molecule is OCOCPC(OCO)OCO. The maximum atomic E-state index is 8.35. The van der Waals surface area contributed by atoms with Crippen molar-refractivity contribution in [2.45, 2.75) is 6.03 Å². The Balaban J connectivity index is 3.34. The summed E-state index contributed by atoms with van der Waals surface area (Å²) >= 11 is 0. The monoisotopic (exact) mass is 200 g/mol. The van der Waals surface area contributed by atoms with Crippen LogP contribution in [0.1, 0.15) is 0 Å². The van der Waals surface area contributed by atoms with Crippen LogP contribution in [0.3, 0.4) is 0 Å². The molecule has 6 nitrogen and oxygen atoms in total. The molecule has 74 valence electrons. The van der Waals surface area contributed by atoms with E-state index < -0.39 is 19.6 Å². The number of rotatable bonds is 8. The van der Waals surface area contributed by atoms with E-state index in [-0.39, 0.29) is 21.7 Å². The summed E-state index contributed by atoms with van der Waals surface area (Å²) in [5.41, 5.74) is 0. The lowest BCUT2D eigenvalue weighted by Crippen LogP contribution is -2.14. The summed E-state index contributed by atoms with van der Waals surface area (Å²) in [6.45, 7) is -1.31. The van der Waals surface area contributed by atoms with Gasteiger partial charge in [0, 0.05) is 0 Å². The molecule has 0 fully saturated rings. The van der Waals surface area contributed by atoms with Crippen molar-refractivity contribution in [2.24, 2.45) is 0 Å². The minimum Gasteiger partial charge on any atom is -0.371 e. The Labute approximate surface area is 71.8 Å². The summed E-state index contributed by atoms with van der Waals surface area (Å²) in [6.07, 6.45) is 0.265. The van der Waals surface area contributed by atoms with Crippen LogP contribution < -0.4 is 0 Å². The van der Waals surface area contributed by atoms with Crippen LogP contribution in [0.15, 0.2) is 0 Å². The lowest BCUT2D eigenvalue weighted by molar-refractivity contribution is -0.166. The zero-order valence-corrected chi connectivity index (χ0v) is 7.47. The molecule has 1 unspecified atom stereocenters. The molecule has 0 heterocycles. The molecule has 0 aliphatic heterocycles. The molecule has 3 N–H and O–H groups in total. The second kappa shape index (κ2) is 9.28. The van der Waals surface area contributed by atoms with Crippen molar-refractivity contribution in [2.75, 3.05) is 26.7 Å². The molecule has 0 spiro atoms. The first kappa shape index (κ1) is 12.2. The van der Waals surface area contributed by atoms with Gasteiger partial charge in [0.15, 0.2) is 6.03 Å². The Morgan fingerprint density at radius 1 is 1.00 bits per heavy atom. The zero-order chi connectivity index (χ0) is 9.23. The Kier molecular flexibility index (Phi) is 9.43. The summed E-state index contributed by atoms with van der Waals surface area (Å²) in [5.74, 6) is 0. The molecule has 0 aromatic heterocycles. The van der Waals surface area contributed by atoms with E-state index in [1.807, 2.05) is 0 Å². The van der Waals surface area contributed by atoms with Crippen LogP contribution in [0.25, 0.3) is 0 Å². The summed E-state index contributed by atoms with van der Waals surface area (Å²) in [5, 5.41) is 24.9. The molecule has 1 atom stereocenters. The fourth-order valence-electron chi connectivity index (χ4n) is 0.474. The van der Waals surface area contributed by atoms with Gasteiger partial charge >= 0.3 is 0 Å². The van der Waals surface area contributed by atoms with Crippen LogP contribution >= 0.6 is 8.58 Å². The predicted octanol–water partition coefficient (Wildman–Crippen LogP) is -1.19. The molecule has 0 amide bonds. The van der Waals surface area contributed by atoms with Gasteiger partial charge < -0.3 is 29.5 Å². The van der Waals surface area contributed by atoms with Gasteiger partial charge in [0.1, 0.15) is 20.4 Å². The van der Waals surface area contributed by atoms with E-state index in [0.29, 0.717) is 0 Å². The van der Waals surface area contributed by atoms with E-state index in [2.05, 4.69) is 14.2 Å². The minimum absolute atomic E-state index is 0.0971. The van der Waals surface area contributed by atoms with E-state index in [9.17, 15) is 0 Å². The Morgan fingerprint density at radius 3 is 2.00 bits per heavy atom. The molecule has 0 bridgehead atoms. The number of aliphatic hydroxyl groups is 3. The average Bonchev–Trinajstić information content (AvgIpc) is 2.06. The average molecular weight is 200 g/mol. The third-order valence-electron chi connectivity index (χ3n) is 0.895. The molecule has 0 saturated carbocycles. The third kappa shape index (κ3) is 6.87. The maximum absolute atomic E-state index is 8.35. The number of aliphatic hydroxyl groups excluding tert-OH is 3. The minimum atomic E-state index is -0.674. The van der Waals surface area contributed by atoms with Crippen LogP contribution in [-0.2, 0) is 14.2 Å². The molecule has 0 aliphatic rings. The van der Waals surface area contributed by atoms with Crippen LogP contribution in [0.4, 0.5) is 0 Å². The van der Waals surface area contributed by atoms with Crippen molar-refractivity contribution >= 4 is 8.58 Å². The molecule has 0 rings (SSSR count). The molecule has 0 aliphatic carbocycles. The van der Waals surface area contributed by atoms with Gasteiger partial charge in [0.05, 0.1) is 6.35 Å². The second-order valence-corrected chi connectivity index (χ2v) is 2.77. The van der Waals surface area contributed by atoms with Gasteiger partial charge in [-0.15, -0.1) is 0 Å². The van der Waals surface area contributed by atoms with Gasteiger partial charge in [-0.2, -0.15) is 0 Å². The van der Waals surface area contributed by atoms with Crippen LogP contribution in [0.5, 0.6) is 0 Å². The van der Waals surface area contributed by atoms with Crippen molar-refractivity contribution in [3.8, 4) is 0 Å². The largest absolute Gasteiger partial charge is 0.371 e. The van der Waals surface area contributed by atoms with Gasteiger partial charge in [-0.05, 0) is 8.58 Å². The van der Waals surface area contributed by atoms with Gasteiger partial charge in [0.2, 0.25) is 0 Å². The number of ether oxygens (including phenoxy) is 3. The van der Waals surface area contributed by atoms with Gasteiger partial charge in [-0.1, -0.05) is 0 Å². The topological polar surface area (TPSA) is 88.4 Å². The van der Waals surface area contributed by atoms with Gasteiger partial charge in [-0.3, -0.25) is 0 Å². The molecule has 7 heteroatoms. The lowest BCUT2D eigenvalue weighted by Gasteiger charge is -2.14. The highest BCUT2D eigenvalue weighted by molar-refractivity contribution is 7.38. The highest BCUT2D eigenvalue weighted by Gasteiger charge is 2.07. The standard InChI is InChI=1S/C5H13O6P/c6-1-9-4-12-5(10-2-7)11-3-8/h5-8,12H,1-4H2. The van der Waals surface area contributed by atoms with Crippen LogP contribution in [0, 0.1) is 0 Å². The summed E-state index contributed by atoms with van der Waals surface area (Å²) < 4.78 is 13.9. The Morgan fingerprint density at radius 2 is 1.58 bits per heavy atom. The Bertz CT molecular complexity index is 86.0. The summed E-state index contributed by atoms with van der Waals surface area (Å²) in [4.78, 5) is 0. The van der Waals surface area contributed by atoms with Crippen molar-refractivity contribution in [1.29, 1.82) is 0 Å². The number of hydrogen-bond acceptors (Lipinski definition) is 6. The van der Waals surface area contributed by atoms with E-state index in [1.54, 1.807) is 0 Å². The van der Waals surface area contributed by atoms with Crippen molar-refractivity contribution in [3.05, 3.63) is 0 Å². The summed E-state index contributed by atoms with van der Waals surface area (Å²) in [6, 6.07) is -0.674. The first-order valence-corrected chi connectivity index (χ1v) is 4.50. The second-order valence-electron chi connectivity index (χ2n) is 1.61. The van der Waals surface area contributed by atoms with Crippen LogP contribution in [-0.4, -0.2) is 48.1 Å². The third-order valence-corrected chi connectivity index (χ3v) is 1.93. The molecule has 0 radical (unpaired) electrons. The fraction of sp³-hybridized carbons (Fsp3) is 1.00. The summed E-state index contributed by atoms with van der Waals surface area (Å²) in [7, 11) is 0.0971. The van der Waals surface area contributed by atoms with Crippen LogP contribution in [0.2, 0.25) is 0 Å². The van der Waals surface area contributed by atoms with E-state index in [1.165, 1.54) is 0 Å². The van der Waals surface area contributed by atoms with Crippen molar-refractivity contribution < 1.29 is 29.5 Å². The number of hydrogen-bond donors (Lipinski definition) is 3. The first-order valence-electron chi connectivity index (χ1n) is 3.22. The first-order chi connectivity index (χ1) is 5.85. The van der Waals surface area contributed by atoms with Gasteiger partial charge in [0.25, 0.3) is 0 Å². The van der Waals surface area contributed by atoms with E-state index in [4.69, 9.17) is 15.3 Å². The highest BCUT2D eigenvalue weighted by Crippen LogP contribution is 2.20. The fourth-order valence-corrected chi connectivity index (χ4v) is 1.20. The van der Waals surface area contributed by atoms with Crippen molar-refractivity contribution in [3.63, 3.8) is 0 Å². The lowest BCUT2D eigenvalue weighted by atomic mass is 11.3. The normalized spacial score (nSPS) is 12.0. The molecule has 12 heavy (non-hydrogen) atoms. The quantitative estimate of drug-likeness (QED) is 0.259. The molecular weight excluding hydrogens is 187 g/mol. The smallest absolute Gasteiger partial charge is 0.180 e. The van der Waals surface area contributed by atoms with Gasteiger partial charge in [-0.25, -0.2) is 0 Å². The predicted molar refractivity (Wildman–Crippen MR) is 41.5 cm³/mol. The van der Waals surface area contributed by atoms with E-state index in [0.717, 1.165) is 0 Å². The van der Waals surface area contributed by atoms with E-state index >= 15 is 0 Å².